The first-order chi connectivity index (χ1) is 12.2. The summed E-state index contributed by atoms with van der Waals surface area (Å²) in [6.07, 6.45) is 4.11. The maximum Gasteiger partial charge on any atom is 0.226 e. The Morgan fingerprint density at radius 3 is 2.56 bits per heavy atom. The highest BCUT2D eigenvalue weighted by atomic mass is 32.1. The van der Waals surface area contributed by atoms with Gasteiger partial charge in [-0.05, 0) is 25.9 Å². The number of amides is 1. The fourth-order valence-electron chi connectivity index (χ4n) is 2.85. The fraction of sp³-hybridized carbons (Fsp3) is 0.444. The van der Waals surface area contributed by atoms with Crippen molar-refractivity contribution >= 4 is 28.2 Å². The summed E-state index contributed by atoms with van der Waals surface area (Å²) in [6, 6.07) is 9.02. The van der Waals surface area contributed by atoms with Gasteiger partial charge in [-0.15, -0.1) is 10.2 Å². The number of likely N-dealkylation sites (tertiary alicyclic amines) is 1. The zero-order valence-electron chi connectivity index (χ0n) is 14.1. The van der Waals surface area contributed by atoms with Gasteiger partial charge in [-0.2, -0.15) is 0 Å². The molecule has 1 aromatic carbocycles. The molecule has 1 aliphatic rings. The van der Waals surface area contributed by atoms with E-state index in [1.165, 1.54) is 30.6 Å². The normalized spacial score (nSPS) is 15.0. The lowest BCUT2D eigenvalue weighted by atomic mass is 10.1. The van der Waals surface area contributed by atoms with Gasteiger partial charge in [0.1, 0.15) is 5.01 Å². The minimum atomic E-state index is -0.204. The van der Waals surface area contributed by atoms with E-state index in [0.717, 1.165) is 24.6 Å². The third-order valence-corrected chi connectivity index (χ3v) is 5.02. The van der Waals surface area contributed by atoms with E-state index in [1.54, 1.807) is 12.1 Å². The van der Waals surface area contributed by atoms with Crippen molar-refractivity contribution in [2.45, 2.75) is 38.6 Å². The standard InChI is InChI=1S/C18H22N4O2S/c23-15(14-7-3-1-4-8-14)9-10-16(24)19-18-21-20-17(25-18)13-22-11-5-2-6-12-22/h1,3-4,7-8H,2,5-6,9-13H2,(H,19,21,24). The number of aromatic nitrogens is 2. The number of anilines is 1. The lowest BCUT2D eigenvalue weighted by molar-refractivity contribution is -0.116. The van der Waals surface area contributed by atoms with Crippen molar-refractivity contribution in [1.29, 1.82) is 0 Å². The Kier molecular flexibility index (Phi) is 6.25. The second-order valence-corrected chi connectivity index (χ2v) is 7.24. The summed E-state index contributed by atoms with van der Waals surface area (Å²) in [4.78, 5) is 26.4. The number of benzene rings is 1. The molecule has 0 aliphatic carbocycles. The Hall–Kier alpha value is -2.12. The minimum Gasteiger partial charge on any atom is -0.301 e. The lowest BCUT2D eigenvalue weighted by Crippen LogP contribution is -2.28. The van der Waals surface area contributed by atoms with Crippen LogP contribution in [0.3, 0.4) is 0 Å². The number of hydrogen-bond donors (Lipinski definition) is 1. The SMILES string of the molecule is O=C(CCC(=O)c1ccccc1)Nc1nnc(CN2CCCCC2)s1. The molecule has 6 nitrogen and oxygen atoms in total. The van der Waals surface area contributed by atoms with E-state index in [4.69, 9.17) is 0 Å². The number of carbonyl (C=O) groups is 2. The predicted octanol–water partition coefficient (Wildman–Crippen LogP) is 3.13. The van der Waals surface area contributed by atoms with Gasteiger partial charge in [0.2, 0.25) is 11.0 Å². The highest BCUT2D eigenvalue weighted by Crippen LogP contribution is 2.19. The van der Waals surface area contributed by atoms with Crippen LogP contribution in [0.2, 0.25) is 0 Å². The quantitative estimate of drug-likeness (QED) is 0.770. The van der Waals surface area contributed by atoms with E-state index >= 15 is 0 Å². The van der Waals surface area contributed by atoms with E-state index in [0.29, 0.717) is 10.7 Å². The van der Waals surface area contributed by atoms with Crippen LogP contribution in [0.5, 0.6) is 0 Å². The van der Waals surface area contributed by atoms with Crippen LogP contribution in [0.4, 0.5) is 5.13 Å². The van der Waals surface area contributed by atoms with Crippen LogP contribution in [0.25, 0.3) is 0 Å². The van der Waals surface area contributed by atoms with E-state index in [1.807, 2.05) is 18.2 Å². The van der Waals surface area contributed by atoms with Crippen molar-refractivity contribution in [3.05, 3.63) is 40.9 Å². The van der Waals surface area contributed by atoms with Crippen molar-refractivity contribution in [2.75, 3.05) is 18.4 Å². The lowest BCUT2D eigenvalue weighted by Gasteiger charge is -2.24. The molecular formula is C18H22N4O2S. The number of ketones is 1. The van der Waals surface area contributed by atoms with Crippen molar-refractivity contribution in [1.82, 2.24) is 15.1 Å². The molecule has 2 heterocycles. The number of carbonyl (C=O) groups excluding carboxylic acids is 2. The molecule has 1 aromatic heterocycles. The van der Waals surface area contributed by atoms with E-state index in [2.05, 4.69) is 20.4 Å². The first-order valence-electron chi connectivity index (χ1n) is 8.63. The number of rotatable bonds is 7. The predicted molar refractivity (Wildman–Crippen MR) is 97.7 cm³/mol. The van der Waals surface area contributed by atoms with Crippen molar-refractivity contribution in [3.63, 3.8) is 0 Å². The van der Waals surface area contributed by atoms with Gasteiger partial charge in [-0.25, -0.2) is 0 Å². The Balaban J connectivity index is 1.44. The van der Waals surface area contributed by atoms with Crippen LogP contribution in [0.15, 0.2) is 30.3 Å². The van der Waals surface area contributed by atoms with E-state index < -0.39 is 0 Å². The highest BCUT2D eigenvalue weighted by molar-refractivity contribution is 7.15. The first kappa shape index (κ1) is 17.7. The van der Waals surface area contributed by atoms with Gasteiger partial charge in [-0.3, -0.25) is 14.5 Å². The molecule has 0 spiro atoms. The molecule has 132 valence electrons. The summed E-state index contributed by atoms with van der Waals surface area (Å²) in [6.45, 7) is 2.99. The minimum absolute atomic E-state index is 0.0289. The maximum atomic E-state index is 12.0. The number of hydrogen-bond acceptors (Lipinski definition) is 6. The number of nitrogens with one attached hydrogen (secondary N) is 1. The van der Waals surface area contributed by atoms with Gasteiger partial charge in [0.05, 0.1) is 6.54 Å². The number of nitrogens with zero attached hydrogens (tertiary/aromatic N) is 3. The average Bonchev–Trinajstić information content (AvgIpc) is 3.08. The van der Waals surface area contributed by atoms with Gasteiger partial charge in [-0.1, -0.05) is 48.1 Å². The van der Waals surface area contributed by atoms with Gasteiger partial charge in [0.15, 0.2) is 5.78 Å². The van der Waals surface area contributed by atoms with Crippen LogP contribution < -0.4 is 5.32 Å². The largest absolute Gasteiger partial charge is 0.301 e. The number of Topliss-reactive ketones (excluding diaryl/α,β-unsaturated/α-hetero) is 1. The second kappa shape index (κ2) is 8.82. The van der Waals surface area contributed by atoms with Crippen molar-refractivity contribution < 1.29 is 9.59 Å². The summed E-state index contributed by atoms with van der Waals surface area (Å²) >= 11 is 1.40. The fourth-order valence-corrected chi connectivity index (χ4v) is 3.65. The highest BCUT2D eigenvalue weighted by Gasteiger charge is 2.15. The topological polar surface area (TPSA) is 75.2 Å². The zero-order chi connectivity index (χ0) is 17.5. The Bertz CT molecular complexity index is 711. The molecule has 0 unspecified atom stereocenters. The molecule has 1 aliphatic heterocycles. The molecule has 3 rings (SSSR count). The van der Waals surface area contributed by atoms with Gasteiger partial charge in [0.25, 0.3) is 0 Å². The molecular weight excluding hydrogens is 336 g/mol. The Labute approximate surface area is 151 Å². The molecule has 7 heteroatoms. The monoisotopic (exact) mass is 358 g/mol. The molecule has 25 heavy (non-hydrogen) atoms. The first-order valence-corrected chi connectivity index (χ1v) is 9.45. The van der Waals surface area contributed by atoms with E-state index in [-0.39, 0.29) is 24.5 Å². The van der Waals surface area contributed by atoms with Crippen molar-refractivity contribution in [2.24, 2.45) is 0 Å². The van der Waals surface area contributed by atoms with Gasteiger partial charge < -0.3 is 5.32 Å². The van der Waals surface area contributed by atoms with Gasteiger partial charge in [0, 0.05) is 18.4 Å². The molecule has 0 saturated carbocycles. The summed E-state index contributed by atoms with van der Waals surface area (Å²) in [7, 11) is 0. The summed E-state index contributed by atoms with van der Waals surface area (Å²) in [5.41, 5.74) is 0.634. The molecule has 1 saturated heterocycles. The molecule has 2 aromatic rings. The maximum absolute atomic E-state index is 12.0. The molecule has 1 N–H and O–H groups in total. The molecule has 0 bridgehead atoms. The Morgan fingerprint density at radius 2 is 1.80 bits per heavy atom. The van der Waals surface area contributed by atoms with Gasteiger partial charge >= 0.3 is 0 Å². The smallest absolute Gasteiger partial charge is 0.226 e. The van der Waals surface area contributed by atoms with Crippen LogP contribution in [-0.4, -0.2) is 39.9 Å². The molecule has 0 atom stereocenters. The number of piperidine rings is 1. The average molecular weight is 358 g/mol. The van der Waals surface area contributed by atoms with Crippen LogP contribution in [-0.2, 0) is 11.3 Å². The van der Waals surface area contributed by atoms with Crippen molar-refractivity contribution in [3.8, 4) is 0 Å². The summed E-state index contributed by atoms with van der Waals surface area (Å²) in [5, 5.41) is 12.3. The van der Waals surface area contributed by atoms with Crippen LogP contribution in [0.1, 0.15) is 47.5 Å². The summed E-state index contributed by atoms with van der Waals surface area (Å²) in [5.74, 6) is -0.233. The molecule has 1 fully saturated rings. The third-order valence-electron chi connectivity index (χ3n) is 4.20. The summed E-state index contributed by atoms with van der Waals surface area (Å²) < 4.78 is 0. The molecule has 1 amide bonds. The van der Waals surface area contributed by atoms with Crippen LogP contribution in [0, 0.1) is 0 Å². The third kappa shape index (κ3) is 5.44. The Morgan fingerprint density at radius 1 is 1.04 bits per heavy atom. The van der Waals surface area contributed by atoms with Crippen LogP contribution >= 0.6 is 11.3 Å². The zero-order valence-corrected chi connectivity index (χ0v) is 14.9. The second-order valence-electron chi connectivity index (χ2n) is 6.18. The van der Waals surface area contributed by atoms with E-state index in [9.17, 15) is 9.59 Å². The molecule has 0 radical (unpaired) electrons.